The lowest BCUT2D eigenvalue weighted by Crippen LogP contribution is -2.32. The van der Waals surface area contributed by atoms with Gasteiger partial charge >= 0.3 is 0 Å². The average molecular weight is 571 g/mol. The molecule has 9 heteroatoms. The number of hydrogen-bond donors (Lipinski definition) is 2. The number of aryl methyl sites for hydroxylation is 3. The van der Waals surface area contributed by atoms with E-state index in [1.54, 1.807) is 19.1 Å². The van der Waals surface area contributed by atoms with E-state index in [4.69, 9.17) is 9.47 Å². The van der Waals surface area contributed by atoms with E-state index in [1.807, 2.05) is 35.9 Å². The van der Waals surface area contributed by atoms with Gasteiger partial charge < -0.3 is 14.8 Å². The fourth-order valence-corrected chi connectivity index (χ4v) is 5.61. The second-order valence-corrected chi connectivity index (χ2v) is 11.5. The molecule has 0 spiro atoms. The highest BCUT2D eigenvalue weighted by molar-refractivity contribution is 7.90. The topological polar surface area (TPSA) is 93.7 Å². The van der Waals surface area contributed by atoms with Gasteiger partial charge in [-0.1, -0.05) is 31.2 Å². The quantitative estimate of drug-likeness (QED) is 0.220. The van der Waals surface area contributed by atoms with Gasteiger partial charge in [0.25, 0.3) is 0 Å². The Labute approximate surface area is 237 Å². The smallest absolute Gasteiger partial charge is 0.234 e. The highest BCUT2D eigenvalue weighted by atomic mass is 32.2. The Balaban J connectivity index is 1.61. The molecule has 1 amide bonds. The third-order valence-corrected chi connectivity index (χ3v) is 7.82. The standard InChI is InChI=1S/C31H39FN2O5S/c1-5-16-40(36,37)34-30(35)13-11-25-10-12-27(20-29(25)32)33-21-24-8-7-9-26(19-24)31-22(3)17-28(18-23(31)4)39-15-14-38-6-2/h7-10,12,17-20,33H,5-6,11,13-16,21H2,1-4H3,(H,34,35). The first-order valence-corrected chi connectivity index (χ1v) is 15.2. The van der Waals surface area contributed by atoms with Crippen LogP contribution in [0.1, 0.15) is 48.9 Å². The number of amides is 1. The van der Waals surface area contributed by atoms with Crippen LogP contribution in [0.2, 0.25) is 0 Å². The molecule has 0 aliphatic heterocycles. The van der Waals surface area contributed by atoms with Crippen LogP contribution >= 0.6 is 0 Å². The maximum atomic E-state index is 14.7. The Morgan fingerprint density at radius 2 is 1.73 bits per heavy atom. The lowest BCUT2D eigenvalue weighted by Gasteiger charge is -2.15. The summed E-state index contributed by atoms with van der Waals surface area (Å²) in [5, 5.41) is 3.26. The molecule has 40 heavy (non-hydrogen) atoms. The Bertz CT molecular complexity index is 1390. The van der Waals surface area contributed by atoms with Gasteiger partial charge in [-0.15, -0.1) is 0 Å². The number of carbonyl (C=O) groups excluding carboxylic acids is 1. The molecule has 3 rings (SSSR count). The molecular weight excluding hydrogens is 531 g/mol. The molecule has 0 saturated carbocycles. The van der Waals surface area contributed by atoms with E-state index in [0.717, 1.165) is 33.6 Å². The number of anilines is 1. The molecular formula is C31H39FN2O5S. The number of ether oxygens (including phenoxy) is 2. The third kappa shape index (κ3) is 9.34. The van der Waals surface area contributed by atoms with Gasteiger partial charge in [0.15, 0.2) is 0 Å². The Morgan fingerprint density at radius 1 is 0.975 bits per heavy atom. The highest BCUT2D eigenvalue weighted by Gasteiger charge is 2.14. The van der Waals surface area contributed by atoms with Crippen molar-refractivity contribution in [3.05, 3.63) is 82.7 Å². The van der Waals surface area contributed by atoms with Gasteiger partial charge in [-0.2, -0.15) is 0 Å². The van der Waals surface area contributed by atoms with Crippen molar-refractivity contribution in [3.63, 3.8) is 0 Å². The summed E-state index contributed by atoms with van der Waals surface area (Å²) in [5.41, 5.74) is 6.49. The van der Waals surface area contributed by atoms with E-state index in [-0.39, 0.29) is 18.6 Å². The van der Waals surface area contributed by atoms with Gasteiger partial charge in [0.05, 0.1) is 12.4 Å². The summed E-state index contributed by atoms with van der Waals surface area (Å²) in [6.45, 7) is 10.0. The summed E-state index contributed by atoms with van der Waals surface area (Å²) >= 11 is 0. The predicted molar refractivity (Wildman–Crippen MR) is 158 cm³/mol. The molecule has 3 aromatic rings. The molecule has 0 aliphatic rings. The first kappa shape index (κ1) is 31.1. The highest BCUT2D eigenvalue weighted by Crippen LogP contribution is 2.31. The van der Waals surface area contributed by atoms with Crippen molar-refractivity contribution in [2.75, 3.05) is 30.9 Å². The van der Waals surface area contributed by atoms with E-state index in [1.165, 1.54) is 6.07 Å². The monoisotopic (exact) mass is 570 g/mol. The molecule has 7 nitrogen and oxygen atoms in total. The SMILES string of the molecule is CCCS(=O)(=O)NC(=O)CCc1ccc(NCc2cccc(-c3c(C)cc(OCCOCC)cc3C)c2)cc1F. The van der Waals surface area contributed by atoms with Crippen LogP contribution in [0.5, 0.6) is 5.75 Å². The Kier molecular flexibility index (Phi) is 11.5. The molecule has 0 bridgehead atoms. The maximum Gasteiger partial charge on any atom is 0.234 e. The van der Waals surface area contributed by atoms with Gasteiger partial charge in [-0.25, -0.2) is 12.8 Å². The van der Waals surface area contributed by atoms with Crippen LogP contribution in [0.3, 0.4) is 0 Å². The van der Waals surface area contributed by atoms with Gasteiger partial charge in [0.1, 0.15) is 18.2 Å². The molecule has 0 unspecified atom stereocenters. The zero-order valence-electron chi connectivity index (χ0n) is 23.7. The van der Waals surface area contributed by atoms with Crippen molar-refractivity contribution >= 4 is 21.6 Å². The number of halogens is 1. The van der Waals surface area contributed by atoms with Gasteiger partial charge in [0.2, 0.25) is 15.9 Å². The second-order valence-electron chi connectivity index (χ2n) is 9.68. The lowest BCUT2D eigenvalue weighted by atomic mass is 9.94. The number of carbonyl (C=O) groups is 1. The first-order valence-electron chi connectivity index (χ1n) is 13.6. The number of hydrogen-bond acceptors (Lipinski definition) is 6. The first-order chi connectivity index (χ1) is 19.1. The number of rotatable bonds is 15. The molecule has 0 aromatic heterocycles. The zero-order valence-corrected chi connectivity index (χ0v) is 24.5. The fraction of sp³-hybridized carbons (Fsp3) is 0.387. The molecule has 2 N–H and O–H groups in total. The minimum Gasteiger partial charge on any atom is -0.491 e. The van der Waals surface area contributed by atoms with E-state index >= 15 is 0 Å². The van der Waals surface area contributed by atoms with E-state index < -0.39 is 21.7 Å². The van der Waals surface area contributed by atoms with E-state index in [0.29, 0.717) is 44.0 Å². The molecule has 0 aliphatic carbocycles. The summed E-state index contributed by atoms with van der Waals surface area (Å²) in [4.78, 5) is 12.0. The summed E-state index contributed by atoms with van der Waals surface area (Å²) in [6, 6.07) is 17.1. The summed E-state index contributed by atoms with van der Waals surface area (Å²) < 4.78 is 51.4. The number of benzene rings is 3. The van der Waals surface area contributed by atoms with Crippen molar-refractivity contribution in [1.82, 2.24) is 4.72 Å². The molecule has 0 saturated heterocycles. The Hall–Kier alpha value is -3.43. The Morgan fingerprint density at radius 3 is 2.40 bits per heavy atom. The molecule has 0 radical (unpaired) electrons. The van der Waals surface area contributed by atoms with Crippen LogP contribution in [0, 0.1) is 19.7 Å². The lowest BCUT2D eigenvalue weighted by molar-refractivity contribution is -0.119. The van der Waals surface area contributed by atoms with E-state index in [9.17, 15) is 17.6 Å². The van der Waals surface area contributed by atoms with Crippen molar-refractivity contribution in [2.24, 2.45) is 0 Å². The van der Waals surface area contributed by atoms with Crippen LogP contribution in [0.15, 0.2) is 54.6 Å². The predicted octanol–water partition coefficient (Wildman–Crippen LogP) is 5.93. The van der Waals surface area contributed by atoms with Crippen LogP contribution in [0.25, 0.3) is 11.1 Å². The normalized spacial score (nSPS) is 11.3. The van der Waals surface area contributed by atoms with Crippen molar-refractivity contribution < 1.29 is 27.1 Å². The van der Waals surface area contributed by atoms with Crippen LogP contribution < -0.4 is 14.8 Å². The average Bonchev–Trinajstić information content (AvgIpc) is 2.89. The third-order valence-electron chi connectivity index (χ3n) is 6.34. The van der Waals surface area contributed by atoms with Crippen molar-refractivity contribution in [3.8, 4) is 16.9 Å². The number of nitrogens with one attached hydrogen (secondary N) is 2. The maximum absolute atomic E-state index is 14.7. The van der Waals surface area contributed by atoms with Crippen LogP contribution in [-0.4, -0.2) is 39.9 Å². The molecule has 0 heterocycles. The summed E-state index contributed by atoms with van der Waals surface area (Å²) in [7, 11) is -3.63. The minimum atomic E-state index is -3.63. The van der Waals surface area contributed by atoms with Gasteiger partial charge in [-0.05, 0) is 97.3 Å². The molecule has 0 fully saturated rings. The number of sulfonamides is 1. The van der Waals surface area contributed by atoms with Crippen molar-refractivity contribution in [2.45, 2.75) is 53.5 Å². The van der Waals surface area contributed by atoms with Gasteiger partial charge in [0, 0.05) is 25.3 Å². The largest absolute Gasteiger partial charge is 0.491 e. The zero-order chi connectivity index (χ0) is 29.1. The van der Waals surface area contributed by atoms with E-state index in [2.05, 4.69) is 31.3 Å². The van der Waals surface area contributed by atoms with Gasteiger partial charge in [-0.3, -0.25) is 9.52 Å². The second kappa shape index (κ2) is 14.8. The molecule has 3 aromatic carbocycles. The molecule has 0 atom stereocenters. The van der Waals surface area contributed by atoms with Crippen LogP contribution in [-0.2, 0) is 32.5 Å². The van der Waals surface area contributed by atoms with Crippen LogP contribution in [0.4, 0.5) is 10.1 Å². The minimum absolute atomic E-state index is 0.108. The van der Waals surface area contributed by atoms with Crippen molar-refractivity contribution in [1.29, 1.82) is 0 Å². The molecule has 216 valence electrons. The summed E-state index contributed by atoms with van der Waals surface area (Å²) in [5.74, 6) is -0.377. The fourth-order valence-electron chi connectivity index (χ4n) is 4.52. The summed E-state index contributed by atoms with van der Waals surface area (Å²) in [6.07, 6.45) is 0.406.